The fraction of sp³-hybridized carbons (Fsp3) is 0.625. The van der Waals surface area contributed by atoms with Crippen LogP contribution in [0.2, 0.25) is 18.1 Å². The van der Waals surface area contributed by atoms with Crippen molar-refractivity contribution in [1.82, 2.24) is 4.90 Å². The highest BCUT2D eigenvalue weighted by Gasteiger charge is 2.51. The number of amidine groups is 1. The summed E-state index contributed by atoms with van der Waals surface area (Å²) in [7, 11) is -0.0625. The Balaban J connectivity index is 1.76. The van der Waals surface area contributed by atoms with Gasteiger partial charge in [-0.25, -0.2) is 4.99 Å². The van der Waals surface area contributed by atoms with Gasteiger partial charge in [-0.3, -0.25) is 0 Å². The number of hydrogen-bond acceptors (Lipinski definition) is 5. The first kappa shape index (κ1) is 24.2. The Morgan fingerprint density at radius 3 is 2.29 bits per heavy atom. The van der Waals surface area contributed by atoms with Crippen LogP contribution in [0.25, 0.3) is 0 Å². The molecule has 0 unspecified atom stereocenters. The van der Waals surface area contributed by atoms with Gasteiger partial charge in [0.15, 0.2) is 8.32 Å². The predicted molar refractivity (Wildman–Crippen MR) is 133 cm³/mol. The molecule has 7 heteroatoms. The molecule has 0 amide bonds. The summed E-state index contributed by atoms with van der Waals surface area (Å²) in [5.74, 6) is 0.953. The second kappa shape index (κ2) is 8.18. The van der Waals surface area contributed by atoms with Crippen molar-refractivity contribution in [2.75, 3.05) is 20.2 Å². The first-order valence-electron chi connectivity index (χ1n) is 11.2. The van der Waals surface area contributed by atoms with E-state index in [4.69, 9.17) is 18.7 Å². The minimum atomic E-state index is -1.77. The van der Waals surface area contributed by atoms with E-state index in [1.807, 2.05) is 12.3 Å². The Kier molecular flexibility index (Phi) is 6.39. The van der Waals surface area contributed by atoms with Gasteiger partial charge in [0.1, 0.15) is 5.84 Å². The maximum absolute atomic E-state index is 6.39. The van der Waals surface area contributed by atoms with Crippen LogP contribution in [0.4, 0.5) is 0 Å². The van der Waals surface area contributed by atoms with Crippen molar-refractivity contribution in [3.63, 3.8) is 0 Å². The number of aliphatic imine (C=N–C) groups is 1. The molecule has 0 aromatic heterocycles. The Morgan fingerprint density at radius 2 is 1.74 bits per heavy atom. The lowest BCUT2D eigenvalue weighted by Crippen LogP contribution is -2.42. The SMILES string of the molecule is CN1CC(CO[Si](C)(C)C(C)(C)C)=CN=C1c1cccc(B2OC(C)(C)C(C)(C)O2)c1. The van der Waals surface area contributed by atoms with Crippen LogP contribution < -0.4 is 5.46 Å². The average molecular weight is 442 g/mol. The van der Waals surface area contributed by atoms with Gasteiger partial charge in [-0.05, 0) is 56.9 Å². The minimum Gasteiger partial charge on any atom is -0.413 e. The van der Waals surface area contributed by atoms with E-state index in [1.54, 1.807) is 0 Å². The molecule has 0 bridgehead atoms. The van der Waals surface area contributed by atoms with Gasteiger partial charge in [0.05, 0.1) is 17.8 Å². The fourth-order valence-electron chi connectivity index (χ4n) is 3.34. The normalized spacial score (nSPS) is 21.2. The average Bonchev–Trinajstić information content (AvgIpc) is 2.87. The molecule has 2 aliphatic rings. The summed E-state index contributed by atoms with van der Waals surface area (Å²) >= 11 is 0. The molecule has 0 saturated carbocycles. The third kappa shape index (κ3) is 5.00. The first-order chi connectivity index (χ1) is 14.1. The Morgan fingerprint density at radius 1 is 1.13 bits per heavy atom. The molecule has 1 aromatic carbocycles. The smallest absolute Gasteiger partial charge is 0.413 e. The Labute approximate surface area is 190 Å². The Hall–Kier alpha value is -1.41. The van der Waals surface area contributed by atoms with Crippen LogP contribution in [0.3, 0.4) is 0 Å². The van der Waals surface area contributed by atoms with E-state index in [2.05, 4.69) is 91.7 Å². The molecule has 170 valence electrons. The van der Waals surface area contributed by atoms with Crippen molar-refractivity contribution in [3.05, 3.63) is 41.6 Å². The second-order valence-corrected chi connectivity index (χ2v) is 16.2. The Bertz CT molecular complexity index is 871. The lowest BCUT2D eigenvalue weighted by atomic mass is 9.78. The lowest BCUT2D eigenvalue weighted by Gasteiger charge is -2.37. The number of nitrogens with zero attached hydrogens (tertiary/aromatic N) is 2. The van der Waals surface area contributed by atoms with Crippen molar-refractivity contribution in [1.29, 1.82) is 0 Å². The molecule has 2 aliphatic heterocycles. The largest absolute Gasteiger partial charge is 0.494 e. The van der Waals surface area contributed by atoms with Crippen LogP contribution in [0.1, 0.15) is 54.0 Å². The first-order valence-corrected chi connectivity index (χ1v) is 14.1. The lowest BCUT2D eigenvalue weighted by molar-refractivity contribution is 0.00578. The van der Waals surface area contributed by atoms with Crippen LogP contribution in [0.15, 0.2) is 41.0 Å². The van der Waals surface area contributed by atoms with E-state index in [1.165, 1.54) is 5.57 Å². The molecular formula is C24H39BN2O3Si. The van der Waals surface area contributed by atoms with E-state index in [-0.39, 0.29) is 23.4 Å². The van der Waals surface area contributed by atoms with Crippen molar-refractivity contribution >= 4 is 26.7 Å². The predicted octanol–water partition coefficient (Wildman–Crippen LogP) is 4.58. The van der Waals surface area contributed by atoms with Gasteiger partial charge in [-0.1, -0.05) is 45.0 Å². The molecule has 1 saturated heterocycles. The van der Waals surface area contributed by atoms with Crippen LogP contribution in [0, 0.1) is 0 Å². The zero-order valence-corrected chi connectivity index (χ0v) is 22.0. The second-order valence-electron chi connectivity index (χ2n) is 11.4. The molecule has 3 rings (SSSR count). The summed E-state index contributed by atoms with van der Waals surface area (Å²) in [5, 5.41) is 0.205. The van der Waals surface area contributed by atoms with Gasteiger partial charge in [-0.2, -0.15) is 0 Å². The quantitative estimate of drug-likeness (QED) is 0.626. The third-order valence-electron chi connectivity index (χ3n) is 7.27. The van der Waals surface area contributed by atoms with Gasteiger partial charge in [0.25, 0.3) is 0 Å². The van der Waals surface area contributed by atoms with Crippen molar-refractivity contribution in [2.24, 2.45) is 4.99 Å². The molecule has 31 heavy (non-hydrogen) atoms. The molecule has 0 aliphatic carbocycles. The third-order valence-corrected chi connectivity index (χ3v) is 11.7. The van der Waals surface area contributed by atoms with E-state index >= 15 is 0 Å². The fourth-order valence-corrected chi connectivity index (χ4v) is 4.32. The van der Waals surface area contributed by atoms with Gasteiger partial charge in [0, 0.05) is 25.4 Å². The van der Waals surface area contributed by atoms with Crippen molar-refractivity contribution in [3.8, 4) is 0 Å². The molecule has 0 radical (unpaired) electrons. The van der Waals surface area contributed by atoms with Gasteiger partial charge in [0.2, 0.25) is 0 Å². The highest BCUT2D eigenvalue weighted by molar-refractivity contribution is 6.74. The standard InChI is InChI=1S/C24H39BN2O3Si/c1-22(2,3)31(9,10)28-17-18-15-26-21(27(8)16-18)19-12-11-13-20(14-19)25-29-23(4,5)24(6,7)30-25/h11-15H,16-17H2,1-10H3. The molecule has 2 heterocycles. The van der Waals surface area contributed by atoms with E-state index in [0.717, 1.165) is 23.4 Å². The molecule has 5 nitrogen and oxygen atoms in total. The van der Waals surface area contributed by atoms with Crippen LogP contribution in [-0.4, -0.2) is 57.6 Å². The summed E-state index contributed by atoms with van der Waals surface area (Å²) in [6.45, 7) is 21.1. The molecule has 1 fully saturated rings. The molecule has 0 atom stereocenters. The summed E-state index contributed by atoms with van der Waals surface area (Å²) in [4.78, 5) is 6.97. The summed E-state index contributed by atoms with van der Waals surface area (Å²) in [5.41, 5.74) is 2.58. The maximum Gasteiger partial charge on any atom is 0.494 e. The highest BCUT2D eigenvalue weighted by atomic mass is 28.4. The van der Waals surface area contributed by atoms with E-state index in [0.29, 0.717) is 6.61 Å². The summed E-state index contributed by atoms with van der Waals surface area (Å²) in [6.07, 6.45) is 1.98. The minimum absolute atomic E-state index is 0.205. The van der Waals surface area contributed by atoms with Crippen LogP contribution >= 0.6 is 0 Å². The summed E-state index contributed by atoms with van der Waals surface area (Å²) in [6, 6.07) is 8.33. The molecule has 0 N–H and O–H groups in total. The van der Waals surface area contributed by atoms with E-state index in [9.17, 15) is 0 Å². The van der Waals surface area contributed by atoms with E-state index < -0.39 is 8.32 Å². The number of rotatable bonds is 5. The molecule has 1 aromatic rings. The molecule has 0 spiro atoms. The molecular weight excluding hydrogens is 403 g/mol. The van der Waals surface area contributed by atoms with Crippen molar-refractivity contribution in [2.45, 2.75) is 77.8 Å². The number of benzene rings is 1. The highest BCUT2D eigenvalue weighted by Crippen LogP contribution is 2.37. The zero-order chi connectivity index (χ0) is 23.2. The maximum atomic E-state index is 6.39. The number of hydrogen-bond donors (Lipinski definition) is 0. The number of likely N-dealkylation sites (N-methyl/N-ethyl adjacent to an activating group) is 1. The van der Waals surface area contributed by atoms with Crippen LogP contribution in [-0.2, 0) is 13.7 Å². The summed E-state index contributed by atoms with van der Waals surface area (Å²) < 4.78 is 18.8. The zero-order valence-electron chi connectivity index (χ0n) is 21.0. The van der Waals surface area contributed by atoms with Gasteiger partial charge >= 0.3 is 7.12 Å². The topological polar surface area (TPSA) is 43.3 Å². The monoisotopic (exact) mass is 442 g/mol. The van der Waals surface area contributed by atoms with Crippen LogP contribution in [0.5, 0.6) is 0 Å². The van der Waals surface area contributed by atoms with Gasteiger partial charge in [-0.15, -0.1) is 0 Å². The van der Waals surface area contributed by atoms with Gasteiger partial charge < -0.3 is 18.6 Å². The van der Waals surface area contributed by atoms with Crippen molar-refractivity contribution < 1.29 is 13.7 Å².